The fraction of sp³-hybridized carbons (Fsp3) is 0.308. The van der Waals surface area contributed by atoms with Crippen LogP contribution in [0.3, 0.4) is 0 Å². The highest BCUT2D eigenvalue weighted by Crippen LogP contribution is 2.25. The zero-order valence-electron chi connectivity index (χ0n) is 9.79. The summed E-state index contributed by atoms with van der Waals surface area (Å²) in [5, 5.41) is 4.45. The number of nitrogens with zero attached hydrogens (tertiary/aromatic N) is 2. The van der Waals surface area contributed by atoms with Crippen LogP contribution in [0.5, 0.6) is 0 Å². The van der Waals surface area contributed by atoms with Gasteiger partial charge in [-0.05, 0) is 31.0 Å². The van der Waals surface area contributed by atoms with Crippen LogP contribution in [0.2, 0.25) is 0 Å². The molecule has 0 bridgehead atoms. The molecule has 0 saturated carbocycles. The third-order valence-electron chi connectivity index (χ3n) is 2.83. The molecule has 0 aliphatic rings. The second kappa shape index (κ2) is 4.30. The monoisotopic (exact) mass is 234 g/mol. The first-order chi connectivity index (χ1) is 7.61. The smallest absolute Gasteiger partial charge is 0.0967 e. The molecule has 0 amide bonds. The van der Waals surface area contributed by atoms with Gasteiger partial charge in [0.1, 0.15) is 0 Å². The van der Waals surface area contributed by atoms with Crippen molar-refractivity contribution in [3.8, 4) is 11.3 Å². The minimum Gasteiger partial charge on any atom is -0.275 e. The van der Waals surface area contributed by atoms with E-state index in [1.807, 2.05) is 17.9 Å². The lowest BCUT2D eigenvalue weighted by molar-refractivity contribution is 0.770. The average Bonchev–Trinajstić information content (AvgIpc) is 2.63. The minimum atomic E-state index is 0.496. The molecule has 1 aromatic heterocycles. The van der Waals surface area contributed by atoms with Crippen molar-refractivity contribution < 1.29 is 0 Å². The van der Waals surface area contributed by atoms with Crippen molar-refractivity contribution in [3.63, 3.8) is 0 Å². The molecule has 0 unspecified atom stereocenters. The summed E-state index contributed by atoms with van der Waals surface area (Å²) in [4.78, 5) is 0. The molecule has 2 rings (SSSR count). The Kier molecular flexibility index (Phi) is 3.01. The summed E-state index contributed by atoms with van der Waals surface area (Å²) in [6.07, 6.45) is 1.97. The summed E-state index contributed by atoms with van der Waals surface area (Å²) in [5.41, 5.74) is 5.78. The van der Waals surface area contributed by atoms with Gasteiger partial charge in [-0.25, -0.2) is 0 Å². The Bertz CT molecular complexity index is 515. The maximum atomic E-state index is 5.91. The van der Waals surface area contributed by atoms with E-state index in [0.29, 0.717) is 5.88 Å². The number of hydrogen-bond donors (Lipinski definition) is 0. The van der Waals surface area contributed by atoms with Crippen LogP contribution in [0.4, 0.5) is 0 Å². The maximum absolute atomic E-state index is 5.91. The SMILES string of the molecule is Cc1ccc(-c2nn(C)cc2CCl)cc1C. The van der Waals surface area contributed by atoms with E-state index in [2.05, 4.69) is 37.1 Å². The zero-order chi connectivity index (χ0) is 11.7. The van der Waals surface area contributed by atoms with Crippen molar-refractivity contribution >= 4 is 11.6 Å². The molecule has 0 saturated heterocycles. The van der Waals surface area contributed by atoms with Crippen molar-refractivity contribution in [3.05, 3.63) is 41.1 Å². The fourth-order valence-corrected chi connectivity index (χ4v) is 1.96. The largest absolute Gasteiger partial charge is 0.275 e. The summed E-state index contributed by atoms with van der Waals surface area (Å²) in [6, 6.07) is 6.38. The van der Waals surface area contributed by atoms with Gasteiger partial charge in [0.25, 0.3) is 0 Å². The van der Waals surface area contributed by atoms with Crippen LogP contribution < -0.4 is 0 Å². The molecule has 1 heterocycles. The van der Waals surface area contributed by atoms with Crippen molar-refractivity contribution in [1.29, 1.82) is 0 Å². The molecule has 0 aliphatic heterocycles. The third-order valence-corrected chi connectivity index (χ3v) is 3.12. The van der Waals surface area contributed by atoms with Gasteiger partial charge >= 0.3 is 0 Å². The quantitative estimate of drug-likeness (QED) is 0.728. The van der Waals surface area contributed by atoms with Gasteiger partial charge < -0.3 is 0 Å². The van der Waals surface area contributed by atoms with Gasteiger partial charge in [0.05, 0.1) is 11.6 Å². The molecule has 0 fully saturated rings. The van der Waals surface area contributed by atoms with E-state index in [-0.39, 0.29) is 0 Å². The second-order valence-corrected chi connectivity index (χ2v) is 4.38. The van der Waals surface area contributed by atoms with Gasteiger partial charge in [0.15, 0.2) is 0 Å². The Morgan fingerprint density at radius 1 is 1.25 bits per heavy atom. The standard InChI is InChI=1S/C13H15ClN2/c1-9-4-5-11(6-10(9)2)13-12(7-14)8-16(3)15-13/h4-6,8H,7H2,1-3H3. The Labute approximate surface area is 101 Å². The third kappa shape index (κ3) is 1.98. The van der Waals surface area contributed by atoms with Gasteiger partial charge in [-0.3, -0.25) is 4.68 Å². The lowest BCUT2D eigenvalue weighted by atomic mass is 10.0. The van der Waals surface area contributed by atoms with Gasteiger partial charge in [0.2, 0.25) is 0 Å². The lowest BCUT2D eigenvalue weighted by Crippen LogP contribution is -1.89. The number of alkyl halides is 1. The first kappa shape index (κ1) is 11.2. The molecule has 2 nitrogen and oxygen atoms in total. The first-order valence-corrected chi connectivity index (χ1v) is 5.81. The summed E-state index contributed by atoms with van der Waals surface area (Å²) >= 11 is 5.91. The van der Waals surface area contributed by atoms with Gasteiger partial charge in [-0.1, -0.05) is 12.1 Å². The number of rotatable bonds is 2. The molecule has 0 aliphatic carbocycles. The van der Waals surface area contributed by atoms with Crippen LogP contribution in [-0.2, 0) is 12.9 Å². The molecule has 3 heteroatoms. The van der Waals surface area contributed by atoms with Gasteiger partial charge in [-0.2, -0.15) is 5.10 Å². The maximum Gasteiger partial charge on any atom is 0.0967 e. The van der Waals surface area contributed by atoms with Gasteiger partial charge in [-0.15, -0.1) is 11.6 Å². The van der Waals surface area contributed by atoms with E-state index >= 15 is 0 Å². The van der Waals surface area contributed by atoms with Crippen molar-refractivity contribution in [2.45, 2.75) is 19.7 Å². The summed E-state index contributed by atoms with van der Waals surface area (Å²) in [7, 11) is 1.92. The van der Waals surface area contributed by atoms with Gasteiger partial charge in [0, 0.05) is 24.4 Å². The molecule has 1 aromatic carbocycles. The highest BCUT2D eigenvalue weighted by atomic mass is 35.5. The summed E-state index contributed by atoms with van der Waals surface area (Å²) in [5.74, 6) is 0.496. The second-order valence-electron chi connectivity index (χ2n) is 4.11. The van der Waals surface area contributed by atoms with Crippen LogP contribution in [0.25, 0.3) is 11.3 Å². The Hall–Kier alpha value is -1.28. The summed E-state index contributed by atoms with van der Waals surface area (Å²) < 4.78 is 1.81. The van der Waals surface area contributed by atoms with E-state index in [4.69, 9.17) is 11.6 Å². The van der Waals surface area contributed by atoms with E-state index in [0.717, 1.165) is 16.8 Å². The molecular formula is C13H15ClN2. The Morgan fingerprint density at radius 2 is 2.00 bits per heavy atom. The number of hydrogen-bond acceptors (Lipinski definition) is 1. The molecular weight excluding hydrogens is 220 g/mol. The Balaban J connectivity index is 2.53. The predicted molar refractivity (Wildman–Crippen MR) is 67.7 cm³/mol. The highest BCUT2D eigenvalue weighted by molar-refractivity contribution is 6.17. The topological polar surface area (TPSA) is 17.8 Å². The molecule has 0 N–H and O–H groups in total. The molecule has 16 heavy (non-hydrogen) atoms. The molecule has 84 valence electrons. The molecule has 0 spiro atoms. The van der Waals surface area contributed by atoms with E-state index in [1.165, 1.54) is 11.1 Å². The predicted octanol–water partition coefficient (Wildman–Crippen LogP) is 3.44. The number of halogens is 1. The molecule has 2 aromatic rings. The van der Waals surface area contributed by atoms with E-state index < -0.39 is 0 Å². The van der Waals surface area contributed by atoms with Crippen LogP contribution in [-0.4, -0.2) is 9.78 Å². The minimum absolute atomic E-state index is 0.496. The highest BCUT2D eigenvalue weighted by Gasteiger charge is 2.09. The average molecular weight is 235 g/mol. The molecule has 0 atom stereocenters. The van der Waals surface area contributed by atoms with Crippen LogP contribution >= 0.6 is 11.6 Å². The van der Waals surface area contributed by atoms with Crippen LogP contribution in [0.15, 0.2) is 24.4 Å². The lowest BCUT2D eigenvalue weighted by Gasteiger charge is -2.04. The van der Waals surface area contributed by atoms with E-state index in [1.54, 1.807) is 0 Å². The first-order valence-electron chi connectivity index (χ1n) is 5.28. The molecule has 0 radical (unpaired) electrons. The Morgan fingerprint density at radius 3 is 2.62 bits per heavy atom. The summed E-state index contributed by atoms with van der Waals surface area (Å²) in [6.45, 7) is 4.22. The number of aryl methyl sites for hydroxylation is 3. The van der Waals surface area contributed by atoms with Crippen molar-refractivity contribution in [2.75, 3.05) is 0 Å². The fourth-order valence-electron chi connectivity index (χ4n) is 1.77. The zero-order valence-corrected chi connectivity index (χ0v) is 10.5. The normalized spacial score (nSPS) is 10.8. The van der Waals surface area contributed by atoms with Crippen LogP contribution in [0.1, 0.15) is 16.7 Å². The number of benzene rings is 1. The number of aromatic nitrogens is 2. The van der Waals surface area contributed by atoms with Crippen LogP contribution in [0, 0.1) is 13.8 Å². The van der Waals surface area contributed by atoms with Crippen molar-refractivity contribution in [1.82, 2.24) is 9.78 Å². The van der Waals surface area contributed by atoms with Crippen molar-refractivity contribution in [2.24, 2.45) is 7.05 Å². The van der Waals surface area contributed by atoms with E-state index in [9.17, 15) is 0 Å².